The summed E-state index contributed by atoms with van der Waals surface area (Å²) in [5, 5.41) is 14.0. The maximum atomic E-state index is 15.6. The van der Waals surface area contributed by atoms with E-state index in [1.807, 2.05) is 42.5 Å². The van der Waals surface area contributed by atoms with Crippen LogP contribution in [0.2, 0.25) is 0 Å². The van der Waals surface area contributed by atoms with Crippen LogP contribution in [-0.2, 0) is 51.1 Å². The summed E-state index contributed by atoms with van der Waals surface area (Å²) in [7, 11) is 1.63. The van der Waals surface area contributed by atoms with E-state index >= 15 is 4.79 Å². The second-order valence-corrected chi connectivity index (χ2v) is 17.7. The van der Waals surface area contributed by atoms with Crippen LogP contribution in [0.3, 0.4) is 0 Å². The summed E-state index contributed by atoms with van der Waals surface area (Å²) in [6.45, 7) is 4.38. The Morgan fingerprint density at radius 1 is 0.932 bits per heavy atom. The minimum absolute atomic E-state index is 0.0475. The van der Waals surface area contributed by atoms with Crippen LogP contribution in [0.25, 0.3) is 6.08 Å². The van der Waals surface area contributed by atoms with Crippen LogP contribution in [0.15, 0.2) is 60.7 Å². The standard InChI is InChI=1S/C47H63N3O9/c1-4-6-11-23-46(24-12-7-5-2)57-39-38-29-47(45(54)49(3)35(43(52)48-25-26-51)27-32-13-9-8-10-14-32)41(44(53)56-38)50(59-42(47)40(39)58-46)30-34-19-16-31(17-20-34)15-18-33-21-22-36-37(28-33)55-36/h8-10,13-20,33,35-42,51H,4-7,11-12,21-30H2,1-3H3,(H,48,52)/t33?,35-,36?,37?,38-,39+,40+,41-,42-,47-/m1/s1. The second kappa shape index (κ2) is 18.1. The number of hydroxylamine groups is 2. The number of carbonyl (C=O) groups is 3. The van der Waals surface area contributed by atoms with Gasteiger partial charge in [0.15, 0.2) is 11.8 Å². The maximum Gasteiger partial charge on any atom is 0.327 e. The zero-order chi connectivity index (χ0) is 41.1. The van der Waals surface area contributed by atoms with Crippen molar-refractivity contribution in [2.45, 2.75) is 158 Å². The SMILES string of the molecule is CCCCCC1(CCCCC)O[C@@H]2[C@H](O1)[C@H]1ON(Cc3ccc(C=CC4CCC5OC5C4)cc3)[C@@H]3C(=O)O[C@@H]2C[C@]13C(=O)N(C)[C@H](Cc1ccccc1)C(=O)NCCO. The lowest BCUT2D eigenvalue weighted by Crippen LogP contribution is -2.70. The molecule has 2 aliphatic carbocycles. The predicted octanol–water partition coefficient (Wildman–Crippen LogP) is 5.89. The number of epoxide rings is 1. The first kappa shape index (κ1) is 42.1. The first-order chi connectivity index (χ1) is 28.7. The summed E-state index contributed by atoms with van der Waals surface area (Å²) in [4.78, 5) is 52.3. The first-order valence-electron chi connectivity index (χ1n) is 22.3. The molecule has 4 aliphatic heterocycles. The Morgan fingerprint density at radius 2 is 1.66 bits per heavy atom. The van der Waals surface area contributed by atoms with Crippen molar-refractivity contribution in [3.63, 3.8) is 0 Å². The number of unbranched alkanes of at least 4 members (excludes halogenated alkanes) is 4. The normalized spacial score (nSPS) is 32.0. The molecule has 2 N–H and O–H groups in total. The van der Waals surface area contributed by atoms with Gasteiger partial charge in [0.1, 0.15) is 35.9 Å². The molecule has 0 radical (unpaired) electrons. The van der Waals surface area contributed by atoms with Gasteiger partial charge >= 0.3 is 5.97 Å². The van der Waals surface area contributed by atoms with Crippen LogP contribution in [0, 0.1) is 11.3 Å². The first-order valence-corrected chi connectivity index (χ1v) is 22.3. The molecule has 0 aromatic heterocycles. The van der Waals surface area contributed by atoms with Crippen molar-refractivity contribution >= 4 is 23.9 Å². The number of hydrogen-bond donors (Lipinski definition) is 2. The number of fused-ring (bicyclic) bond motifs is 5. The number of aliphatic hydroxyl groups is 1. The molecule has 6 fully saturated rings. The molecule has 320 valence electrons. The van der Waals surface area contributed by atoms with Crippen molar-refractivity contribution < 1.29 is 43.3 Å². The third-order valence-electron chi connectivity index (χ3n) is 13.7. The maximum absolute atomic E-state index is 15.6. The van der Waals surface area contributed by atoms with E-state index in [1.165, 1.54) is 4.90 Å². The van der Waals surface area contributed by atoms with Crippen LogP contribution in [0.5, 0.6) is 0 Å². The fourth-order valence-electron chi connectivity index (χ4n) is 10.5. The number of aliphatic hydroxyl groups excluding tert-OH is 1. The molecular formula is C47H63N3O9. The van der Waals surface area contributed by atoms with Crippen LogP contribution in [-0.4, -0.2) is 108 Å². The van der Waals surface area contributed by atoms with E-state index in [0.717, 1.165) is 74.5 Å². The van der Waals surface area contributed by atoms with Gasteiger partial charge in [0.25, 0.3) is 0 Å². The molecule has 6 aliphatic rings. The van der Waals surface area contributed by atoms with Crippen LogP contribution < -0.4 is 5.32 Å². The predicted molar refractivity (Wildman–Crippen MR) is 220 cm³/mol. The van der Waals surface area contributed by atoms with Crippen LogP contribution in [0.1, 0.15) is 108 Å². The number of rotatable bonds is 19. The second-order valence-electron chi connectivity index (χ2n) is 17.7. The molecule has 4 saturated heterocycles. The summed E-state index contributed by atoms with van der Waals surface area (Å²) in [5.74, 6) is -1.68. The van der Waals surface area contributed by atoms with Gasteiger partial charge in [0, 0.05) is 39.3 Å². The van der Waals surface area contributed by atoms with Gasteiger partial charge in [-0.3, -0.25) is 19.2 Å². The molecule has 12 nitrogen and oxygen atoms in total. The molecule has 2 aromatic carbocycles. The van der Waals surface area contributed by atoms with E-state index in [4.69, 9.17) is 23.8 Å². The topological polar surface area (TPSA) is 139 Å². The van der Waals surface area contributed by atoms with Gasteiger partial charge in [0.2, 0.25) is 11.8 Å². The molecule has 0 spiro atoms. The summed E-state index contributed by atoms with van der Waals surface area (Å²) < 4.78 is 26.0. The Bertz CT molecular complexity index is 1800. The van der Waals surface area contributed by atoms with Crippen molar-refractivity contribution in [1.82, 2.24) is 15.3 Å². The molecule has 4 heterocycles. The largest absolute Gasteiger partial charge is 0.458 e. The number of allylic oxidation sites excluding steroid dienone is 1. The zero-order valence-electron chi connectivity index (χ0n) is 35.0. The molecule has 8 rings (SSSR count). The average molecular weight is 814 g/mol. The Morgan fingerprint density at radius 3 is 2.36 bits per heavy atom. The lowest BCUT2D eigenvalue weighted by molar-refractivity contribution is -0.225. The van der Waals surface area contributed by atoms with Crippen molar-refractivity contribution in [2.24, 2.45) is 11.3 Å². The van der Waals surface area contributed by atoms with Gasteiger partial charge < -0.3 is 34.3 Å². The minimum Gasteiger partial charge on any atom is -0.458 e. The number of hydrogen-bond acceptors (Lipinski definition) is 10. The highest BCUT2D eigenvalue weighted by Gasteiger charge is 2.76. The van der Waals surface area contributed by atoms with Crippen molar-refractivity contribution in [1.29, 1.82) is 0 Å². The van der Waals surface area contributed by atoms with Crippen LogP contribution >= 0.6 is 0 Å². The molecular weight excluding hydrogens is 751 g/mol. The van der Waals surface area contributed by atoms with E-state index in [9.17, 15) is 14.7 Å². The van der Waals surface area contributed by atoms with Crippen molar-refractivity contribution in [3.05, 3.63) is 77.4 Å². The highest BCUT2D eigenvalue weighted by atomic mass is 16.8. The number of esters is 1. The van der Waals surface area contributed by atoms with Gasteiger partial charge in [-0.25, -0.2) is 0 Å². The van der Waals surface area contributed by atoms with Crippen molar-refractivity contribution in [2.75, 3.05) is 20.2 Å². The molecule has 2 bridgehead atoms. The van der Waals surface area contributed by atoms with Crippen molar-refractivity contribution in [3.8, 4) is 0 Å². The molecule has 10 atom stereocenters. The lowest BCUT2D eigenvalue weighted by Gasteiger charge is -2.50. The Kier molecular flexibility index (Phi) is 12.9. The van der Waals surface area contributed by atoms with Gasteiger partial charge in [-0.15, -0.1) is 0 Å². The lowest BCUT2D eigenvalue weighted by atomic mass is 9.62. The summed E-state index contributed by atoms with van der Waals surface area (Å²) >= 11 is 0. The van der Waals surface area contributed by atoms with E-state index in [1.54, 1.807) is 12.1 Å². The Balaban J connectivity index is 1.11. The monoisotopic (exact) mass is 813 g/mol. The summed E-state index contributed by atoms with van der Waals surface area (Å²) in [5.41, 5.74) is 1.44. The van der Waals surface area contributed by atoms with E-state index < -0.39 is 59.6 Å². The average Bonchev–Trinajstić information content (AvgIpc) is 3.80. The van der Waals surface area contributed by atoms with Gasteiger partial charge in [0.05, 0.1) is 25.4 Å². The van der Waals surface area contributed by atoms with E-state index in [2.05, 4.69) is 43.4 Å². The zero-order valence-corrected chi connectivity index (χ0v) is 35.0. The summed E-state index contributed by atoms with van der Waals surface area (Å²) in [6, 6.07) is 15.7. The highest BCUT2D eigenvalue weighted by molar-refractivity contribution is 5.96. The number of nitrogens with zero attached hydrogens (tertiary/aromatic N) is 2. The Hall–Kier alpha value is -3.65. The molecule has 3 unspecified atom stereocenters. The molecule has 59 heavy (non-hydrogen) atoms. The molecule has 2 saturated carbocycles. The molecule has 2 aromatic rings. The van der Waals surface area contributed by atoms with E-state index in [-0.39, 0.29) is 38.4 Å². The van der Waals surface area contributed by atoms with Crippen LogP contribution in [0.4, 0.5) is 0 Å². The number of carbonyl (C=O) groups excluding carboxylic acids is 3. The third kappa shape index (κ3) is 8.63. The number of amides is 2. The van der Waals surface area contributed by atoms with Gasteiger partial charge in [-0.2, -0.15) is 5.06 Å². The highest BCUT2D eigenvalue weighted by Crippen LogP contribution is 2.58. The Labute approximate surface area is 348 Å². The molecule has 12 heteroatoms. The summed E-state index contributed by atoms with van der Waals surface area (Å²) in [6.07, 6.45) is 13.6. The quantitative estimate of drug-likeness (QED) is 0.100. The fraction of sp³-hybridized carbons (Fsp3) is 0.638. The van der Waals surface area contributed by atoms with E-state index in [0.29, 0.717) is 31.0 Å². The number of likely N-dealkylation sites (N-methyl/N-ethyl adjacent to an activating group) is 1. The third-order valence-corrected chi connectivity index (χ3v) is 13.7. The minimum atomic E-state index is -1.43. The molecule has 2 amide bonds. The fourth-order valence-corrected chi connectivity index (χ4v) is 10.5. The number of ether oxygens (including phenoxy) is 4. The van der Waals surface area contributed by atoms with Gasteiger partial charge in [-0.1, -0.05) is 106 Å². The number of nitrogens with one attached hydrogen (secondary N) is 1. The smallest absolute Gasteiger partial charge is 0.327 e. The van der Waals surface area contributed by atoms with Gasteiger partial charge in [-0.05, 0) is 54.7 Å². The number of benzene rings is 2.